The first-order chi connectivity index (χ1) is 7.61. The Balaban J connectivity index is 2.42. The summed E-state index contributed by atoms with van der Waals surface area (Å²) in [4.78, 5) is 11.5. The molecule has 0 heterocycles. The number of benzene rings is 1. The largest absolute Gasteiger partial charge is 0.396 e. The van der Waals surface area contributed by atoms with E-state index >= 15 is 0 Å². The third kappa shape index (κ3) is 4.31. The Morgan fingerprint density at radius 2 is 2.00 bits per heavy atom. The van der Waals surface area contributed by atoms with Gasteiger partial charge in [-0.1, -0.05) is 17.7 Å². The number of amides is 2. The fraction of sp³-hybridized carbons (Fsp3) is 0.417. The van der Waals surface area contributed by atoms with Crippen LogP contribution in [0.4, 0.5) is 10.5 Å². The average molecular weight is 222 g/mol. The van der Waals surface area contributed by atoms with Crippen LogP contribution in [0, 0.1) is 6.92 Å². The van der Waals surface area contributed by atoms with Gasteiger partial charge in [0, 0.05) is 18.3 Å². The second-order valence-electron chi connectivity index (χ2n) is 3.88. The quantitative estimate of drug-likeness (QED) is 0.728. The van der Waals surface area contributed by atoms with Crippen LogP contribution in [0.25, 0.3) is 0 Å². The van der Waals surface area contributed by atoms with E-state index in [-0.39, 0.29) is 18.7 Å². The predicted octanol–water partition coefficient (Wildman–Crippen LogP) is 1.89. The van der Waals surface area contributed by atoms with E-state index in [4.69, 9.17) is 5.11 Å². The lowest BCUT2D eigenvalue weighted by Gasteiger charge is -2.13. The molecule has 0 radical (unpaired) electrons. The van der Waals surface area contributed by atoms with E-state index in [0.29, 0.717) is 6.42 Å². The fourth-order valence-corrected chi connectivity index (χ4v) is 1.29. The van der Waals surface area contributed by atoms with E-state index < -0.39 is 0 Å². The van der Waals surface area contributed by atoms with Crippen LogP contribution >= 0.6 is 0 Å². The Morgan fingerprint density at radius 1 is 1.38 bits per heavy atom. The minimum absolute atomic E-state index is 0.0320. The Bertz CT molecular complexity index is 335. The minimum atomic E-state index is -0.246. The smallest absolute Gasteiger partial charge is 0.319 e. The molecule has 0 bridgehead atoms. The van der Waals surface area contributed by atoms with Gasteiger partial charge in [-0.05, 0) is 32.4 Å². The van der Waals surface area contributed by atoms with Crippen molar-refractivity contribution in [1.29, 1.82) is 0 Å². The highest BCUT2D eigenvalue weighted by molar-refractivity contribution is 5.89. The highest BCUT2D eigenvalue weighted by Crippen LogP contribution is 2.08. The molecule has 0 aliphatic rings. The van der Waals surface area contributed by atoms with Crippen LogP contribution in [0.2, 0.25) is 0 Å². The molecule has 0 aliphatic heterocycles. The summed E-state index contributed by atoms with van der Waals surface area (Å²) in [5, 5.41) is 14.2. The number of aliphatic hydroxyl groups excluding tert-OH is 1. The van der Waals surface area contributed by atoms with Crippen LogP contribution in [0.1, 0.15) is 18.9 Å². The third-order valence-corrected chi connectivity index (χ3v) is 2.25. The van der Waals surface area contributed by atoms with Crippen LogP contribution in [-0.2, 0) is 0 Å². The molecule has 0 unspecified atom stereocenters. The normalized spacial score (nSPS) is 11.9. The topological polar surface area (TPSA) is 61.4 Å². The van der Waals surface area contributed by atoms with Crippen molar-refractivity contribution in [3.8, 4) is 0 Å². The van der Waals surface area contributed by atoms with E-state index in [1.807, 2.05) is 38.1 Å². The summed E-state index contributed by atoms with van der Waals surface area (Å²) in [6, 6.07) is 7.30. The molecule has 1 aromatic carbocycles. The summed E-state index contributed by atoms with van der Waals surface area (Å²) >= 11 is 0. The lowest BCUT2D eigenvalue weighted by atomic mass is 10.2. The van der Waals surface area contributed by atoms with Gasteiger partial charge >= 0.3 is 6.03 Å². The molecule has 2 amide bonds. The average Bonchev–Trinajstić information content (AvgIpc) is 2.21. The zero-order valence-electron chi connectivity index (χ0n) is 9.66. The Morgan fingerprint density at radius 3 is 2.56 bits per heavy atom. The lowest BCUT2D eigenvalue weighted by Crippen LogP contribution is -2.36. The first kappa shape index (κ1) is 12.5. The van der Waals surface area contributed by atoms with Crippen molar-refractivity contribution in [1.82, 2.24) is 5.32 Å². The molecule has 1 aromatic rings. The third-order valence-electron chi connectivity index (χ3n) is 2.25. The van der Waals surface area contributed by atoms with E-state index in [1.165, 1.54) is 0 Å². The summed E-state index contributed by atoms with van der Waals surface area (Å²) in [7, 11) is 0. The standard InChI is InChI=1S/C12H18N2O2/c1-9-3-5-11(6-4-9)14-12(16)13-10(2)7-8-15/h3-6,10,15H,7-8H2,1-2H3,(H2,13,14,16)/t10-/m1/s1. The van der Waals surface area contributed by atoms with E-state index in [0.717, 1.165) is 11.3 Å². The number of aliphatic hydroxyl groups is 1. The molecule has 1 rings (SSSR count). The molecule has 16 heavy (non-hydrogen) atoms. The van der Waals surface area contributed by atoms with Crippen molar-refractivity contribution >= 4 is 11.7 Å². The van der Waals surface area contributed by atoms with Crippen molar-refractivity contribution in [3.05, 3.63) is 29.8 Å². The number of urea groups is 1. The molecule has 0 aromatic heterocycles. The van der Waals surface area contributed by atoms with Crippen molar-refractivity contribution in [2.75, 3.05) is 11.9 Å². The summed E-state index contributed by atoms with van der Waals surface area (Å²) in [6.07, 6.45) is 0.557. The summed E-state index contributed by atoms with van der Waals surface area (Å²) in [6.45, 7) is 3.92. The van der Waals surface area contributed by atoms with Gasteiger partial charge in [-0.25, -0.2) is 4.79 Å². The van der Waals surface area contributed by atoms with Gasteiger partial charge in [0.25, 0.3) is 0 Å². The van der Waals surface area contributed by atoms with Crippen molar-refractivity contribution in [2.24, 2.45) is 0 Å². The van der Waals surface area contributed by atoms with Crippen molar-refractivity contribution < 1.29 is 9.90 Å². The predicted molar refractivity (Wildman–Crippen MR) is 64.5 cm³/mol. The number of hydrogen-bond acceptors (Lipinski definition) is 2. The van der Waals surface area contributed by atoms with Crippen LogP contribution in [0.3, 0.4) is 0 Å². The maximum atomic E-state index is 11.5. The van der Waals surface area contributed by atoms with Gasteiger partial charge in [-0.3, -0.25) is 0 Å². The highest BCUT2D eigenvalue weighted by atomic mass is 16.3. The van der Waals surface area contributed by atoms with Gasteiger partial charge < -0.3 is 15.7 Å². The molecule has 88 valence electrons. The van der Waals surface area contributed by atoms with Gasteiger partial charge in [-0.15, -0.1) is 0 Å². The zero-order chi connectivity index (χ0) is 12.0. The summed E-state index contributed by atoms with van der Waals surface area (Å²) < 4.78 is 0. The molecule has 0 saturated carbocycles. The van der Waals surface area contributed by atoms with Crippen LogP contribution in [0.15, 0.2) is 24.3 Å². The van der Waals surface area contributed by atoms with E-state index in [2.05, 4.69) is 10.6 Å². The number of carbonyl (C=O) groups is 1. The molecule has 4 heteroatoms. The first-order valence-electron chi connectivity index (χ1n) is 5.37. The van der Waals surface area contributed by atoms with Gasteiger partial charge in [0.2, 0.25) is 0 Å². The zero-order valence-corrected chi connectivity index (χ0v) is 9.66. The Kier molecular flexibility index (Phi) is 4.79. The number of anilines is 1. The highest BCUT2D eigenvalue weighted by Gasteiger charge is 2.06. The van der Waals surface area contributed by atoms with Crippen molar-refractivity contribution in [2.45, 2.75) is 26.3 Å². The van der Waals surface area contributed by atoms with Gasteiger partial charge in [0.1, 0.15) is 0 Å². The maximum Gasteiger partial charge on any atom is 0.319 e. The second kappa shape index (κ2) is 6.12. The number of rotatable bonds is 4. The molecule has 1 atom stereocenters. The van der Waals surface area contributed by atoms with Gasteiger partial charge in [0.15, 0.2) is 0 Å². The van der Waals surface area contributed by atoms with Crippen LogP contribution in [0.5, 0.6) is 0 Å². The number of carbonyl (C=O) groups excluding carboxylic acids is 1. The number of hydrogen-bond donors (Lipinski definition) is 3. The maximum absolute atomic E-state index is 11.5. The monoisotopic (exact) mass is 222 g/mol. The van der Waals surface area contributed by atoms with Crippen LogP contribution < -0.4 is 10.6 Å². The number of aryl methyl sites for hydroxylation is 1. The SMILES string of the molecule is Cc1ccc(NC(=O)N[C@H](C)CCO)cc1. The molecule has 0 aliphatic carbocycles. The molecule has 4 nitrogen and oxygen atoms in total. The molecule has 0 saturated heterocycles. The minimum Gasteiger partial charge on any atom is -0.396 e. The fourth-order valence-electron chi connectivity index (χ4n) is 1.29. The van der Waals surface area contributed by atoms with Gasteiger partial charge in [-0.2, -0.15) is 0 Å². The molecule has 3 N–H and O–H groups in total. The summed E-state index contributed by atoms with van der Waals surface area (Å²) in [5.74, 6) is 0. The van der Waals surface area contributed by atoms with E-state index in [1.54, 1.807) is 0 Å². The Hall–Kier alpha value is -1.55. The molecule has 0 fully saturated rings. The second-order valence-corrected chi connectivity index (χ2v) is 3.88. The Labute approximate surface area is 95.7 Å². The molecule has 0 spiro atoms. The lowest BCUT2D eigenvalue weighted by molar-refractivity contribution is 0.241. The number of nitrogens with one attached hydrogen (secondary N) is 2. The molecular formula is C12H18N2O2. The first-order valence-corrected chi connectivity index (χ1v) is 5.37. The van der Waals surface area contributed by atoms with E-state index in [9.17, 15) is 4.79 Å². The van der Waals surface area contributed by atoms with Gasteiger partial charge in [0.05, 0.1) is 0 Å². The summed E-state index contributed by atoms with van der Waals surface area (Å²) in [5.41, 5.74) is 1.92. The molecular weight excluding hydrogens is 204 g/mol. The van der Waals surface area contributed by atoms with Crippen molar-refractivity contribution in [3.63, 3.8) is 0 Å². The van der Waals surface area contributed by atoms with Crippen LogP contribution in [-0.4, -0.2) is 23.8 Å².